The highest BCUT2D eigenvalue weighted by molar-refractivity contribution is 8.04. The third-order valence-electron chi connectivity index (χ3n) is 5.00. The number of nitrogens with one attached hydrogen (secondary N) is 1. The summed E-state index contributed by atoms with van der Waals surface area (Å²) in [6, 6.07) is 3.52. The summed E-state index contributed by atoms with van der Waals surface area (Å²) in [5.41, 5.74) is 0.597. The largest absolute Gasteiger partial charge is 0.501 e. The van der Waals surface area contributed by atoms with Crippen molar-refractivity contribution in [2.24, 2.45) is 0 Å². The molecule has 1 aromatic rings. The van der Waals surface area contributed by atoms with Crippen LogP contribution in [0.15, 0.2) is 29.0 Å². The first-order valence-electron chi connectivity index (χ1n) is 9.36. The van der Waals surface area contributed by atoms with Crippen LogP contribution in [0.2, 0.25) is 0 Å². The van der Waals surface area contributed by atoms with Gasteiger partial charge in [0.15, 0.2) is 11.8 Å². The van der Waals surface area contributed by atoms with Gasteiger partial charge < -0.3 is 10.1 Å². The molecule has 0 spiro atoms. The van der Waals surface area contributed by atoms with Crippen LogP contribution in [0.1, 0.15) is 17.7 Å². The minimum absolute atomic E-state index is 0.0483. The van der Waals surface area contributed by atoms with Gasteiger partial charge in [-0.05, 0) is 35.8 Å². The lowest BCUT2D eigenvalue weighted by Crippen LogP contribution is -2.57. The molecule has 2 unspecified atom stereocenters. The van der Waals surface area contributed by atoms with Crippen LogP contribution in [0, 0.1) is 0 Å². The Labute approximate surface area is 171 Å². The first-order chi connectivity index (χ1) is 13.6. The van der Waals surface area contributed by atoms with Crippen molar-refractivity contribution in [2.75, 3.05) is 26.2 Å². The van der Waals surface area contributed by atoms with E-state index in [-0.39, 0.29) is 24.5 Å². The Morgan fingerprint density at radius 1 is 1.39 bits per heavy atom. The number of nitrogens with zero attached hydrogens (tertiary/aromatic N) is 2. The van der Waals surface area contributed by atoms with E-state index in [9.17, 15) is 14.4 Å². The van der Waals surface area contributed by atoms with Gasteiger partial charge in [0, 0.05) is 24.4 Å². The first-order valence-corrected chi connectivity index (χ1v) is 11.2. The van der Waals surface area contributed by atoms with E-state index in [1.165, 1.54) is 21.2 Å². The maximum atomic E-state index is 13.0. The summed E-state index contributed by atoms with van der Waals surface area (Å²) in [6.45, 7) is 1.40. The standard InChI is InChI=1S/C19H21N3O4S2/c23-16(20-11-13-3-1-8-26-13)12-22-15-6-10-28-17(15)18(24)21(19(22)25)7-5-14-4-2-9-27-14/h2,4,6,9-10,13,17H,1,3,5,7-8,11-12H2/p+1. The van der Waals surface area contributed by atoms with E-state index in [1.54, 1.807) is 17.4 Å². The second kappa shape index (κ2) is 8.59. The molecule has 4 rings (SSSR count). The van der Waals surface area contributed by atoms with Gasteiger partial charge >= 0.3 is 11.9 Å². The number of allylic oxidation sites excluding steroid dienone is 1. The summed E-state index contributed by atoms with van der Waals surface area (Å²) in [4.78, 5) is 40.6. The molecule has 28 heavy (non-hydrogen) atoms. The molecule has 0 aromatic carbocycles. The second-order valence-corrected chi connectivity index (χ2v) is 8.92. The fourth-order valence-corrected chi connectivity index (χ4v) is 5.19. The summed E-state index contributed by atoms with van der Waals surface area (Å²) < 4.78 is 6.95. The normalized spacial score (nSPS) is 24.2. The number of hydrogen-bond donors (Lipinski definition) is 1. The Kier molecular flexibility index (Phi) is 5.93. The number of ether oxygens (including phenoxy) is 1. The van der Waals surface area contributed by atoms with Gasteiger partial charge in [-0.3, -0.25) is 4.79 Å². The molecule has 1 saturated heterocycles. The quantitative estimate of drug-likeness (QED) is 0.679. The Balaban J connectivity index is 1.44. The predicted molar refractivity (Wildman–Crippen MR) is 108 cm³/mol. The van der Waals surface area contributed by atoms with Crippen molar-refractivity contribution in [3.8, 4) is 0 Å². The van der Waals surface area contributed by atoms with Crippen LogP contribution in [-0.2, 0) is 20.7 Å². The minimum atomic E-state index is -0.452. The molecule has 0 radical (unpaired) electrons. The van der Waals surface area contributed by atoms with Gasteiger partial charge in [-0.25, -0.2) is 4.79 Å². The molecular formula is C19H22N3O4S2+. The number of carbonyl (C=O) groups excluding carboxylic acids is 3. The van der Waals surface area contributed by atoms with Crippen LogP contribution in [-0.4, -0.2) is 70.6 Å². The number of urea groups is 1. The lowest BCUT2D eigenvalue weighted by molar-refractivity contribution is -0.426. The number of hydrogen-bond acceptors (Lipinski definition) is 6. The summed E-state index contributed by atoms with van der Waals surface area (Å²) in [7, 11) is 0. The SMILES string of the molecule is O=C(C[N+]1=C2C=CSC2C(=O)N(CCc2cccs2)C1=O)NCC1CCCO1. The summed E-state index contributed by atoms with van der Waals surface area (Å²) in [5.74, 6) is -0.449. The molecule has 2 atom stereocenters. The Morgan fingerprint density at radius 3 is 3.04 bits per heavy atom. The van der Waals surface area contributed by atoms with E-state index >= 15 is 0 Å². The van der Waals surface area contributed by atoms with E-state index < -0.39 is 11.3 Å². The van der Waals surface area contributed by atoms with Crippen LogP contribution in [0.4, 0.5) is 4.79 Å². The summed E-state index contributed by atoms with van der Waals surface area (Å²) in [5, 5.41) is 6.18. The van der Waals surface area contributed by atoms with Crippen LogP contribution in [0.3, 0.4) is 0 Å². The van der Waals surface area contributed by atoms with Gasteiger partial charge in [0.25, 0.3) is 5.91 Å². The van der Waals surface area contributed by atoms with E-state index in [0.29, 0.717) is 25.2 Å². The molecule has 7 nitrogen and oxygen atoms in total. The molecule has 3 aliphatic heterocycles. The molecule has 4 amide bonds. The molecular weight excluding hydrogens is 398 g/mol. The fourth-order valence-electron chi connectivity index (χ4n) is 3.53. The number of amides is 4. The lowest BCUT2D eigenvalue weighted by Gasteiger charge is -2.24. The van der Waals surface area contributed by atoms with Crippen molar-refractivity contribution < 1.29 is 23.7 Å². The third kappa shape index (κ3) is 4.06. The molecule has 1 aromatic heterocycles. The van der Waals surface area contributed by atoms with E-state index in [1.807, 2.05) is 22.9 Å². The highest BCUT2D eigenvalue weighted by Gasteiger charge is 2.49. The van der Waals surface area contributed by atoms with E-state index in [2.05, 4.69) is 5.32 Å². The highest BCUT2D eigenvalue weighted by atomic mass is 32.2. The van der Waals surface area contributed by atoms with Gasteiger partial charge in [0.1, 0.15) is 12.3 Å². The highest BCUT2D eigenvalue weighted by Crippen LogP contribution is 2.28. The second-order valence-electron chi connectivity index (χ2n) is 6.87. The van der Waals surface area contributed by atoms with Crippen LogP contribution >= 0.6 is 23.1 Å². The molecule has 1 N–H and O–H groups in total. The zero-order valence-electron chi connectivity index (χ0n) is 15.3. The molecule has 4 heterocycles. The van der Waals surface area contributed by atoms with Crippen LogP contribution in [0.25, 0.3) is 0 Å². The minimum Gasteiger partial charge on any atom is -0.376 e. The monoisotopic (exact) mass is 420 g/mol. The van der Waals surface area contributed by atoms with Crippen molar-refractivity contribution in [1.82, 2.24) is 10.2 Å². The number of fused-ring (bicyclic) bond motifs is 1. The Bertz CT molecular complexity index is 828. The van der Waals surface area contributed by atoms with Crippen molar-refractivity contribution in [2.45, 2.75) is 30.6 Å². The van der Waals surface area contributed by atoms with E-state index in [4.69, 9.17) is 4.74 Å². The van der Waals surface area contributed by atoms with Crippen LogP contribution < -0.4 is 5.32 Å². The molecule has 0 bridgehead atoms. The lowest BCUT2D eigenvalue weighted by atomic mass is 10.1. The Hall–Kier alpha value is -1.97. The van der Waals surface area contributed by atoms with Crippen molar-refractivity contribution in [3.05, 3.63) is 33.9 Å². The van der Waals surface area contributed by atoms with Gasteiger partial charge in [0.2, 0.25) is 0 Å². The van der Waals surface area contributed by atoms with Gasteiger partial charge in [0.05, 0.1) is 6.10 Å². The van der Waals surface area contributed by atoms with Crippen LogP contribution in [0.5, 0.6) is 0 Å². The van der Waals surface area contributed by atoms with Gasteiger partial charge in [-0.2, -0.15) is 14.3 Å². The fraction of sp³-hybridized carbons (Fsp3) is 0.474. The number of thiophene rings is 1. The molecule has 0 aliphatic carbocycles. The summed E-state index contributed by atoms with van der Waals surface area (Å²) >= 11 is 2.98. The maximum Gasteiger partial charge on any atom is 0.501 e. The van der Waals surface area contributed by atoms with Crippen molar-refractivity contribution in [3.63, 3.8) is 0 Å². The van der Waals surface area contributed by atoms with E-state index in [0.717, 1.165) is 24.3 Å². The topological polar surface area (TPSA) is 78.7 Å². The van der Waals surface area contributed by atoms with Crippen molar-refractivity contribution in [1.29, 1.82) is 0 Å². The van der Waals surface area contributed by atoms with Gasteiger partial charge in [-0.15, -0.1) is 23.1 Å². The molecule has 3 aliphatic rings. The summed E-state index contributed by atoms with van der Waals surface area (Å²) in [6.07, 6.45) is 4.37. The molecule has 9 heteroatoms. The molecule has 0 saturated carbocycles. The molecule has 1 fully saturated rings. The predicted octanol–water partition coefficient (Wildman–Crippen LogP) is 1.63. The smallest absolute Gasteiger partial charge is 0.376 e. The number of carbonyl (C=O) groups is 3. The average molecular weight is 421 g/mol. The number of thioether (sulfide) groups is 1. The number of rotatable bonds is 7. The van der Waals surface area contributed by atoms with Crippen molar-refractivity contribution >= 4 is 46.7 Å². The first kappa shape index (κ1) is 19.4. The molecule has 148 valence electrons. The number of imide groups is 1. The van der Waals surface area contributed by atoms with Gasteiger partial charge in [-0.1, -0.05) is 6.07 Å². The third-order valence-corrected chi connectivity index (χ3v) is 6.95. The zero-order chi connectivity index (χ0) is 19.5. The Morgan fingerprint density at radius 2 is 2.29 bits per heavy atom. The maximum absolute atomic E-state index is 13.0. The average Bonchev–Trinajstić information content (AvgIpc) is 3.45. The zero-order valence-corrected chi connectivity index (χ0v) is 17.0.